The van der Waals surface area contributed by atoms with Crippen molar-refractivity contribution in [3.05, 3.63) is 101 Å². The number of benzene rings is 3. The molecule has 0 aliphatic carbocycles. The van der Waals surface area contributed by atoms with E-state index in [-0.39, 0.29) is 0 Å². The lowest BCUT2D eigenvalue weighted by atomic mass is 9.78. The predicted molar refractivity (Wildman–Crippen MR) is 141 cm³/mol. The number of piperidine rings is 1. The van der Waals surface area contributed by atoms with Crippen LogP contribution in [0.2, 0.25) is 0 Å². The van der Waals surface area contributed by atoms with Crippen LogP contribution in [0.5, 0.6) is 5.75 Å². The molecule has 1 N–H and O–H groups in total. The van der Waals surface area contributed by atoms with Gasteiger partial charge in [-0.2, -0.15) is 0 Å². The number of nitrogens with zero attached hydrogens (tertiary/aromatic N) is 1. The minimum atomic E-state index is 0.360. The van der Waals surface area contributed by atoms with Crippen LogP contribution in [0.15, 0.2) is 78.9 Å². The topological polar surface area (TPSA) is 24.5 Å². The van der Waals surface area contributed by atoms with Crippen LogP contribution in [0.25, 0.3) is 0 Å². The fourth-order valence-corrected chi connectivity index (χ4v) is 6.21. The first-order chi connectivity index (χ1) is 16.7. The van der Waals surface area contributed by atoms with Gasteiger partial charge in [-0.1, -0.05) is 86.6 Å². The Balaban J connectivity index is 1.45. The molecule has 2 saturated heterocycles. The van der Waals surface area contributed by atoms with Crippen LogP contribution in [-0.4, -0.2) is 37.2 Å². The number of hydrogen-bond donors (Lipinski definition) is 1. The van der Waals surface area contributed by atoms with Gasteiger partial charge in [-0.15, -0.1) is 0 Å². The van der Waals surface area contributed by atoms with E-state index in [9.17, 15) is 0 Å². The maximum absolute atomic E-state index is 5.75. The summed E-state index contributed by atoms with van der Waals surface area (Å²) in [5.41, 5.74) is 5.50. The Bertz CT molecular complexity index is 1030. The lowest BCUT2D eigenvalue weighted by Gasteiger charge is -2.39. The lowest BCUT2D eigenvalue weighted by Crippen LogP contribution is -2.50. The van der Waals surface area contributed by atoms with Gasteiger partial charge in [-0.3, -0.25) is 4.90 Å². The fourth-order valence-electron chi connectivity index (χ4n) is 6.21. The summed E-state index contributed by atoms with van der Waals surface area (Å²) in [6.45, 7) is 7.81. The first-order valence-corrected chi connectivity index (χ1v) is 12.9. The van der Waals surface area contributed by atoms with E-state index in [0.29, 0.717) is 29.8 Å². The second kappa shape index (κ2) is 10.3. The van der Waals surface area contributed by atoms with Gasteiger partial charge in [-0.05, 0) is 54.0 Å². The molecule has 2 bridgehead atoms. The second-order valence-electron chi connectivity index (χ2n) is 10.1. The number of nitrogens with one attached hydrogen (secondary N) is 1. The maximum Gasteiger partial charge on any atom is 0.123 e. The molecule has 1 unspecified atom stereocenters. The Hall–Kier alpha value is -2.62. The summed E-state index contributed by atoms with van der Waals surface area (Å²) in [6, 6.07) is 29.8. The van der Waals surface area contributed by atoms with E-state index >= 15 is 0 Å². The van der Waals surface area contributed by atoms with Crippen molar-refractivity contribution in [3.63, 3.8) is 0 Å². The average Bonchev–Trinajstić information content (AvgIpc) is 3.50. The molecule has 2 heterocycles. The van der Waals surface area contributed by atoms with Crippen LogP contribution >= 0.6 is 0 Å². The van der Waals surface area contributed by atoms with Crippen molar-refractivity contribution in [1.82, 2.24) is 10.2 Å². The first kappa shape index (κ1) is 23.1. The molecular weight excluding hydrogens is 416 g/mol. The van der Waals surface area contributed by atoms with E-state index in [4.69, 9.17) is 4.74 Å². The third-order valence-electron chi connectivity index (χ3n) is 8.23. The van der Waals surface area contributed by atoms with Gasteiger partial charge in [0.2, 0.25) is 0 Å². The summed E-state index contributed by atoms with van der Waals surface area (Å²) < 4.78 is 5.75. The van der Waals surface area contributed by atoms with Crippen LogP contribution in [0.1, 0.15) is 60.8 Å². The molecule has 2 aliphatic heterocycles. The highest BCUT2D eigenvalue weighted by molar-refractivity contribution is 5.39. The van der Waals surface area contributed by atoms with Crippen molar-refractivity contribution in [1.29, 1.82) is 0 Å². The molecule has 0 amide bonds. The Morgan fingerprint density at radius 1 is 0.941 bits per heavy atom. The molecule has 5 atom stereocenters. The van der Waals surface area contributed by atoms with E-state index < -0.39 is 0 Å². The van der Waals surface area contributed by atoms with Crippen molar-refractivity contribution in [2.45, 2.75) is 57.2 Å². The van der Waals surface area contributed by atoms with Crippen molar-refractivity contribution in [2.75, 3.05) is 20.2 Å². The lowest BCUT2D eigenvalue weighted by molar-refractivity contribution is 0.197. The molecule has 0 spiro atoms. The molecule has 0 saturated carbocycles. The standard InChI is InChI=1S/C31H38N2O/c1-4-22(2)25-15-16-28(34-3)27(19-25)20-32-30-26-17-18-33(21-26)31(30)29(23-11-7-5-8-12-23)24-13-9-6-10-14-24/h5-16,19,22,26,29-32H,4,17-18,20-21H2,1-3H3/t22?,26-,30-,31-/m0/s1. The maximum atomic E-state index is 5.75. The van der Waals surface area contributed by atoms with Crippen molar-refractivity contribution in [3.8, 4) is 5.75 Å². The summed E-state index contributed by atoms with van der Waals surface area (Å²) >= 11 is 0. The SMILES string of the molecule is CCC(C)c1ccc(OC)c(CN[C@H]2[C@H]3CC[N@@](C3)[C@H]2C(c2ccccc2)c2ccccc2)c1. The summed E-state index contributed by atoms with van der Waals surface area (Å²) in [6.07, 6.45) is 2.44. The summed E-state index contributed by atoms with van der Waals surface area (Å²) in [5, 5.41) is 4.04. The molecule has 178 valence electrons. The zero-order valence-electron chi connectivity index (χ0n) is 20.8. The molecule has 2 fully saturated rings. The smallest absolute Gasteiger partial charge is 0.123 e. The van der Waals surface area contributed by atoms with Crippen LogP contribution < -0.4 is 10.1 Å². The monoisotopic (exact) mass is 454 g/mol. The largest absolute Gasteiger partial charge is 0.496 e. The van der Waals surface area contributed by atoms with Crippen LogP contribution in [0.4, 0.5) is 0 Å². The third-order valence-corrected chi connectivity index (χ3v) is 8.23. The molecule has 3 aromatic rings. The van der Waals surface area contributed by atoms with Crippen molar-refractivity contribution in [2.24, 2.45) is 5.92 Å². The molecule has 5 rings (SSSR count). The number of fused-ring (bicyclic) bond motifs is 2. The zero-order chi connectivity index (χ0) is 23.5. The van der Waals surface area contributed by atoms with Gasteiger partial charge in [-0.25, -0.2) is 0 Å². The van der Waals surface area contributed by atoms with E-state index in [1.807, 2.05) is 0 Å². The van der Waals surface area contributed by atoms with Gasteiger partial charge in [0.05, 0.1) is 7.11 Å². The summed E-state index contributed by atoms with van der Waals surface area (Å²) in [4.78, 5) is 2.74. The highest BCUT2D eigenvalue weighted by atomic mass is 16.5. The van der Waals surface area contributed by atoms with Crippen molar-refractivity contribution >= 4 is 0 Å². The Morgan fingerprint density at radius 3 is 2.24 bits per heavy atom. The normalized spacial score (nSPS) is 24.5. The van der Waals surface area contributed by atoms with Crippen LogP contribution in [-0.2, 0) is 6.54 Å². The zero-order valence-corrected chi connectivity index (χ0v) is 20.8. The Kier molecular flexibility index (Phi) is 7.03. The summed E-state index contributed by atoms with van der Waals surface area (Å²) in [7, 11) is 1.79. The fraction of sp³-hybridized carbons (Fsp3) is 0.419. The quantitative estimate of drug-likeness (QED) is 0.416. The molecular formula is C31H38N2O. The predicted octanol–water partition coefficient (Wildman–Crippen LogP) is 6.20. The van der Waals surface area contributed by atoms with Crippen LogP contribution in [0, 0.1) is 5.92 Å². The first-order valence-electron chi connectivity index (χ1n) is 12.9. The highest BCUT2D eigenvalue weighted by Crippen LogP contribution is 2.43. The van der Waals surface area contributed by atoms with E-state index in [0.717, 1.165) is 18.7 Å². The van der Waals surface area contributed by atoms with E-state index in [2.05, 4.69) is 103 Å². The molecule has 3 aromatic carbocycles. The molecule has 3 nitrogen and oxygen atoms in total. The number of ether oxygens (including phenoxy) is 1. The van der Waals surface area contributed by atoms with E-state index in [1.54, 1.807) is 7.11 Å². The molecule has 0 aromatic heterocycles. The van der Waals surface area contributed by atoms with Crippen LogP contribution in [0.3, 0.4) is 0 Å². The second-order valence-corrected chi connectivity index (χ2v) is 10.1. The van der Waals surface area contributed by atoms with Gasteiger partial charge in [0.1, 0.15) is 5.75 Å². The third kappa shape index (κ3) is 4.52. The van der Waals surface area contributed by atoms with Gasteiger partial charge in [0.15, 0.2) is 0 Å². The van der Waals surface area contributed by atoms with Gasteiger partial charge in [0.25, 0.3) is 0 Å². The average molecular weight is 455 g/mol. The minimum Gasteiger partial charge on any atom is -0.496 e. The molecule has 2 aliphatic rings. The molecule has 34 heavy (non-hydrogen) atoms. The molecule has 0 radical (unpaired) electrons. The van der Waals surface area contributed by atoms with E-state index in [1.165, 1.54) is 41.8 Å². The number of hydrogen-bond acceptors (Lipinski definition) is 3. The van der Waals surface area contributed by atoms with Crippen molar-refractivity contribution < 1.29 is 4.74 Å². The number of methoxy groups -OCH3 is 1. The Labute approximate surface area is 205 Å². The highest BCUT2D eigenvalue weighted by Gasteiger charge is 2.49. The number of rotatable bonds is 9. The minimum absolute atomic E-state index is 0.360. The van der Waals surface area contributed by atoms with Gasteiger partial charge < -0.3 is 10.1 Å². The van der Waals surface area contributed by atoms with Gasteiger partial charge >= 0.3 is 0 Å². The Morgan fingerprint density at radius 2 is 1.62 bits per heavy atom. The van der Waals surface area contributed by atoms with Gasteiger partial charge in [0, 0.05) is 36.7 Å². The molecule has 3 heteroatoms. The summed E-state index contributed by atoms with van der Waals surface area (Å²) in [5.74, 6) is 2.61.